The number of likely N-dealkylation sites (tertiary alicyclic amines) is 1. The second kappa shape index (κ2) is 8.74. The number of benzene rings is 1. The van der Waals surface area contributed by atoms with Crippen molar-refractivity contribution in [2.45, 2.75) is 62.8 Å². The molecule has 1 aliphatic carbocycles. The first kappa shape index (κ1) is 20.8. The summed E-state index contributed by atoms with van der Waals surface area (Å²) in [6.07, 6.45) is 8.37. The largest absolute Gasteiger partial charge is 0.325 e. The highest BCUT2D eigenvalue weighted by Gasteiger charge is 2.34. The number of carbonyl (C=O) groups excluding carboxylic acids is 1. The van der Waals surface area contributed by atoms with Crippen molar-refractivity contribution in [1.29, 1.82) is 0 Å². The molecule has 1 N–H and O–H groups in total. The zero-order valence-corrected chi connectivity index (χ0v) is 18.2. The number of hydrogen-bond acceptors (Lipinski definition) is 4. The van der Waals surface area contributed by atoms with Crippen molar-refractivity contribution in [3.8, 4) is 0 Å². The minimum absolute atomic E-state index is 0.0191. The molecule has 2 saturated heterocycles. The number of nitrogens with one attached hydrogen (secondary N) is 1. The van der Waals surface area contributed by atoms with E-state index in [-0.39, 0.29) is 11.9 Å². The van der Waals surface area contributed by atoms with E-state index in [4.69, 9.17) is 0 Å². The minimum Gasteiger partial charge on any atom is -0.325 e. The Hall–Kier alpha value is -1.44. The van der Waals surface area contributed by atoms with Gasteiger partial charge in [0.15, 0.2) is 0 Å². The van der Waals surface area contributed by atoms with Crippen molar-refractivity contribution in [3.63, 3.8) is 0 Å². The van der Waals surface area contributed by atoms with E-state index in [1.54, 1.807) is 24.3 Å². The van der Waals surface area contributed by atoms with Crippen LogP contribution in [0, 0.1) is 11.8 Å². The summed E-state index contributed by atoms with van der Waals surface area (Å²) in [4.78, 5) is 15.4. The number of nitrogens with zero attached hydrogens (tertiary/aromatic N) is 2. The maximum Gasteiger partial charge on any atom is 0.243 e. The van der Waals surface area contributed by atoms with E-state index in [0.717, 1.165) is 37.8 Å². The Morgan fingerprint density at radius 3 is 2.31 bits per heavy atom. The van der Waals surface area contributed by atoms with Crippen LogP contribution in [0.4, 0.5) is 5.69 Å². The number of piperidine rings is 1. The summed E-state index contributed by atoms with van der Waals surface area (Å²) in [5.41, 5.74) is 0.648. The molecule has 7 heteroatoms. The van der Waals surface area contributed by atoms with Gasteiger partial charge in [-0.3, -0.25) is 9.69 Å². The molecule has 3 fully saturated rings. The number of hydrogen-bond donors (Lipinski definition) is 1. The summed E-state index contributed by atoms with van der Waals surface area (Å²) >= 11 is 0. The number of amides is 1. The van der Waals surface area contributed by atoms with Crippen LogP contribution < -0.4 is 5.32 Å². The van der Waals surface area contributed by atoms with Gasteiger partial charge in [0.25, 0.3) is 0 Å². The average Bonchev–Trinajstić information content (AvgIpc) is 3.29. The van der Waals surface area contributed by atoms with Crippen LogP contribution in [0.25, 0.3) is 0 Å². The lowest BCUT2D eigenvalue weighted by molar-refractivity contribution is -0.122. The summed E-state index contributed by atoms with van der Waals surface area (Å²) in [5.74, 6) is 1.57. The van der Waals surface area contributed by atoms with Crippen LogP contribution in [0.2, 0.25) is 0 Å². The van der Waals surface area contributed by atoms with Crippen LogP contribution in [0.15, 0.2) is 29.2 Å². The quantitative estimate of drug-likeness (QED) is 0.795. The van der Waals surface area contributed by atoms with Crippen molar-refractivity contribution in [3.05, 3.63) is 24.3 Å². The fourth-order valence-electron chi connectivity index (χ4n) is 5.18. The first-order valence-corrected chi connectivity index (χ1v) is 12.5. The van der Waals surface area contributed by atoms with E-state index in [0.29, 0.717) is 23.7 Å². The van der Waals surface area contributed by atoms with Gasteiger partial charge in [0.05, 0.1) is 10.9 Å². The average molecular weight is 420 g/mol. The van der Waals surface area contributed by atoms with Gasteiger partial charge in [-0.25, -0.2) is 8.42 Å². The molecule has 2 heterocycles. The van der Waals surface area contributed by atoms with Crippen molar-refractivity contribution in [1.82, 2.24) is 9.21 Å². The molecule has 0 spiro atoms. The molecule has 4 rings (SSSR count). The van der Waals surface area contributed by atoms with Crippen LogP contribution in [-0.4, -0.2) is 55.8 Å². The minimum atomic E-state index is -3.42. The molecule has 0 radical (unpaired) electrons. The Balaban J connectivity index is 1.35. The van der Waals surface area contributed by atoms with Gasteiger partial charge >= 0.3 is 0 Å². The lowest BCUT2D eigenvalue weighted by Crippen LogP contribution is -2.49. The van der Waals surface area contributed by atoms with E-state index in [1.165, 1.54) is 36.4 Å². The molecule has 1 saturated carbocycles. The van der Waals surface area contributed by atoms with Gasteiger partial charge in [-0.15, -0.1) is 0 Å². The molecule has 3 aliphatic rings. The zero-order valence-electron chi connectivity index (χ0n) is 17.3. The summed E-state index contributed by atoms with van der Waals surface area (Å²) in [6, 6.07) is 6.41. The van der Waals surface area contributed by atoms with Gasteiger partial charge in [0, 0.05) is 25.3 Å². The highest BCUT2D eigenvalue weighted by Crippen LogP contribution is 2.36. The number of fused-ring (bicyclic) bond motifs is 1. The third kappa shape index (κ3) is 4.52. The molecule has 3 atom stereocenters. The van der Waals surface area contributed by atoms with E-state index in [2.05, 4.69) is 10.2 Å². The maximum absolute atomic E-state index is 12.8. The third-order valence-corrected chi connectivity index (χ3v) is 8.99. The molecule has 0 bridgehead atoms. The first-order chi connectivity index (χ1) is 13.9. The maximum atomic E-state index is 12.8. The molecular weight excluding hydrogens is 386 g/mol. The SMILES string of the molecule is C[C@H](C(=O)Nc1ccc(S(=O)(=O)N2CCCC2)cc1)N1CC[C@@H]2CCCC[C@H]2C1. The molecule has 1 aromatic carbocycles. The van der Waals surface area contributed by atoms with E-state index in [1.807, 2.05) is 6.92 Å². The van der Waals surface area contributed by atoms with Crippen molar-refractivity contribution in [2.75, 3.05) is 31.5 Å². The Morgan fingerprint density at radius 2 is 1.62 bits per heavy atom. The molecule has 1 aromatic rings. The number of rotatable bonds is 5. The lowest BCUT2D eigenvalue weighted by atomic mass is 9.75. The molecule has 6 nitrogen and oxygen atoms in total. The van der Waals surface area contributed by atoms with Gasteiger partial charge in [0.1, 0.15) is 0 Å². The van der Waals surface area contributed by atoms with Crippen molar-refractivity contribution >= 4 is 21.6 Å². The molecule has 29 heavy (non-hydrogen) atoms. The Morgan fingerprint density at radius 1 is 0.966 bits per heavy atom. The number of carbonyl (C=O) groups is 1. The first-order valence-electron chi connectivity index (χ1n) is 11.1. The molecule has 160 valence electrons. The second-order valence-electron chi connectivity index (χ2n) is 8.89. The van der Waals surface area contributed by atoms with Crippen molar-refractivity contribution in [2.24, 2.45) is 11.8 Å². The van der Waals surface area contributed by atoms with Crippen LogP contribution in [0.3, 0.4) is 0 Å². The van der Waals surface area contributed by atoms with Crippen LogP contribution in [0.5, 0.6) is 0 Å². The third-order valence-electron chi connectivity index (χ3n) is 7.07. The fraction of sp³-hybridized carbons (Fsp3) is 0.682. The van der Waals surface area contributed by atoms with Gasteiger partial charge in [0.2, 0.25) is 15.9 Å². The van der Waals surface area contributed by atoms with E-state index < -0.39 is 10.0 Å². The summed E-state index contributed by atoms with van der Waals surface area (Å²) in [5, 5.41) is 2.97. The van der Waals surface area contributed by atoms with Gasteiger partial charge in [-0.2, -0.15) is 4.31 Å². The zero-order chi connectivity index (χ0) is 20.4. The Kier molecular flexibility index (Phi) is 6.27. The van der Waals surface area contributed by atoms with E-state index >= 15 is 0 Å². The predicted molar refractivity (Wildman–Crippen MR) is 114 cm³/mol. The van der Waals surface area contributed by atoms with Crippen LogP contribution in [-0.2, 0) is 14.8 Å². The van der Waals surface area contributed by atoms with Crippen LogP contribution >= 0.6 is 0 Å². The highest BCUT2D eigenvalue weighted by atomic mass is 32.2. The summed E-state index contributed by atoms with van der Waals surface area (Å²) in [6.45, 7) is 5.17. The highest BCUT2D eigenvalue weighted by molar-refractivity contribution is 7.89. The fourth-order valence-corrected chi connectivity index (χ4v) is 6.70. The summed E-state index contributed by atoms with van der Waals surface area (Å²) < 4.78 is 26.8. The van der Waals surface area contributed by atoms with Gasteiger partial charge in [-0.05, 0) is 75.3 Å². The van der Waals surface area contributed by atoms with Crippen molar-refractivity contribution < 1.29 is 13.2 Å². The summed E-state index contributed by atoms with van der Waals surface area (Å²) in [7, 11) is -3.42. The van der Waals surface area contributed by atoms with Crippen LogP contribution in [0.1, 0.15) is 51.9 Å². The Bertz CT molecular complexity index is 818. The molecule has 2 aliphatic heterocycles. The Labute approximate surface area is 174 Å². The molecule has 0 unspecified atom stereocenters. The molecule has 0 aromatic heterocycles. The van der Waals surface area contributed by atoms with E-state index in [9.17, 15) is 13.2 Å². The number of sulfonamides is 1. The standard InChI is InChI=1S/C22H33N3O3S/c1-17(24-15-12-18-6-2-3-7-19(18)16-24)22(26)23-20-8-10-21(11-9-20)29(27,28)25-13-4-5-14-25/h8-11,17-19H,2-7,12-16H2,1H3,(H,23,26)/t17-,18+,19+/m1/s1. The second-order valence-corrected chi connectivity index (χ2v) is 10.8. The monoisotopic (exact) mass is 419 g/mol. The predicted octanol–water partition coefficient (Wildman–Crippen LogP) is 3.31. The van der Waals surface area contributed by atoms with Gasteiger partial charge in [-0.1, -0.05) is 19.3 Å². The number of anilines is 1. The smallest absolute Gasteiger partial charge is 0.243 e. The molecule has 1 amide bonds. The normalized spacial score (nSPS) is 27.3. The lowest BCUT2D eigenvalue weighted by Gasteiger charge is -2.43. The topological polar surface area (TPSA) is 69.7 Å². The molecular formula is C22H33N3O3S. The van der Waals surface area contributed by atoms with Gasteiger partial charge < -0.3 is 5.32 Å².